The lowest BCUT2D eigenvalue weighted by Crippen LogP contribution is -2.30. The molecule has 1 aromatic carbocycles. The third-order valence-electron chi connectivity index (χ3n) is 2.82. The van der Waals surface area contributed by atoms with E-state index in [0.29, 0.717) is 31.6 Å². The van der Waals surface area contributed by atoms with E-state index < -0.39 is 0 Å². The van der Waals surface area contributed by atoms with E-state index in [1.807, 2.05) is 18.2 Å². The first-order chi connectivity index (χ1) is 7.65. The molecule has 4 heteroatoms. The van der Waals surface area contributed by atoms with Crippen molar-refractivity contribution < 1.29 is 9.90 Å². The van der Waals surface area contributed by atoms with E-state index in [-0.39, 0.29) is 12.0 Å². The van der Waals surface area contributed by atoms with Gasteiger partial charge in [-0.25, -0.2) is 0 Å². The Bertz CT molecular complexity index is 392. The number of β-amino-alcohol motifs (C(OH)–C–C–N with tert-alkyl or cyclic N) is 1. The van der Waals surface area contributed by atoms with Crippen LogP contribution in [0, 0.1) is 0 Å². The molecule has 0 radical (unpaired) electrons. The number of carbonyl (C=O) groups excluding carboxylic acids is 1. The van der Waals surface area contributed by atoms with Crippen LogP contribution in [0.25, 0.3) is 0 Å². The number of carbonyl (C=O) groups is 1. The van der Waals surface area contributed by atoms with Gasteiger partial charge in [0.15, 0.2) is 0 Å². The molecule has 1 fully saturated rings. The molecule has 1 atom stereocenters. The molecule has 0 aromatic heterocycles. The van der Waals surface area contributed by atoms with Gasteiger partial charge in [0.1, 0.15) is 0 Å². The predicted molar refractivity (Wildman–Crippen MR) is 61.8 cm³/mol. The zero-order valence-corrected chi connectivity index (χ0v) is 9.10. The topological polar surface area (TPSA) is 66.6 Å². The van der Waals surface area contributed by atoms with Crippen LogP contribution in [0.5, 0.6) is 0 Å². The first-order valence-electron chi connectivity index (χ1n) is 5.45. The van der Waals surface area contributed by atoms with Crippen molar-refractivity contribution in [3.63, 3.8) is 0 Å². The van der Waals surface area contributed by atoms with Gasteiger partial charge in [0.25, 0.3) is 0 Å². The second-order valence-electron chi connectivity index (χ2n) is 4.20. The maximum atomic E-state index is 11.8. The molecule has 1 aromatic rings. The Balaban J connectivity index is 1.97. The highest BCUT2D eigenvalue weighted by Crippen LogP contribution is 2.13. The molecule has 4 nitrogen and oxygen atoms in total. The fourth-order valence-electron chi connectivity index (χ4n) is 1.96. The summed E-state index contributed by atoms with van der Waals surface area (Å²) in [5, 5.41) is 9.34. The normalized spacial score (nSPS) is 20.1. The lowest BCUT2D eigenvalue weighted by atomic mass is 10.1. The molecule has 16 heavy (non-hydrogen) atoms. The largest absolute Gasteiger partial charge is 0.399 e. The van der Waals surface area contributed by atoms with Gasteiger partial charge in [0, 0.05) is 18.8 Å². The first-order valence-corrected chi connectivity index (χ1v) is 5.45. The minimum Gasteiger partial charge on any atom is -0.399 e. The molecule has 1 saturated heterocycles. The lowest BCUT2D eigenvalue weighted by Gasteiger charge is -2.15. The molecule has 1 heterocycles. The van der Waals surface area contributed by atoms with Crippen LogP contribution in [-0.2, 0) is 11.2 Å². The minimum absolute atomic E-state index is 0.0575. The fraction of sp³-hybridized carbons (Fsp3) is 0.417. The number of anilines is 1. The van der Waals surface area contributed by atoms with Crippen LogP contribution >= 0.6 is 0 Å². The van der Waals surface area contributed by atoms with E-state index in [2.05, 4.69) is 0 Å². The van der Waals surface area contributed by atoms with Crippen LogP contribution in [0.15, 0.2) is 24.3 Å². The Kier molecular flexibility index (Phi) is 3.10. The van der Waals surface area contributed by atoms with Gasteiger partial charge in [-0.2, -0.15) is 0 Å². The molecule has 0 saturated carbocycles. The molecule has 0 spiro atoms. The summed E-state index contributed by atoms with van der Waals surface area (Å²) < 4.78 is 0. The van der Waals surface area contributed by atoms with E-state index in [0.717, 1.165) is 5.56 Å². The maximum absolute atomic E-state index is 11.8. The van der Waals surface area contributed by atoms with Crippen molar-refractivity contribution in [3.05, 3.63) is 29.8 Å². The van der Waals surface area contributed by atoms with Gasteiger partial charge < -0.3 is 15.7 Å². The summed E-state index contributed by atoms with van der Waals surface area (Å²) in [6, 6.07) is 7.34. The van der Waals surface area contributed by atoms with Gasteiger partial charge >= 0.3 is 0 Å². The van der Waals surface area contributed by atoms with Crippen molar-refractivity contribution in [1.82, 2.24) is 4.90 Å². The number of amides is 1. The summed E-state index contributed by atoms with van der Waals surface area (Å²) in [6.07, 6.45) is 0.685. The number of hydrogen-bond acceptors (Lipinski definition) is 3. The van der Waals surface area contributed by atoms with Gasteiger partial charge in [0.05, 0.1) is 12.5 Å². The zero-order chi connectivity index (χ0) is 11.5. The highest BCUT2D eigenvalue weighted by atomic mass is 16.3. The smallest absolute Gasteiger partial charge is 0.227 e. The van der Waals surface area contributed by atoms with Crippen LogP contribution < -0.4 is 5.73 Å². The predicted octanol–water partition coefficient (Wildman–Crippen LogP) is 0.404. The second kappa shape index (κ2) is 4.53. The third-order valence-corrected chi connectivity index (χ3v) is 2.82. The number of likely N-dealkylation sites (tertiary alicyclic amines) is 1. The zero-order valence-electron chi connectivity index (χ0n) is 9.10. The molecule has 0 aliphatic carbocycles. The number of nitrogens with zero attached hydrogens (tertiary/aromatic N) is 1. The SMILES string of the molecule is Nc1cccc(CC(=O)N2CC[C@@H](O)C2)c1. The van der Waals surface area contributed by atoms with Crippen molar-refractivity contribution in [3.8, 4) is 0 Å². The highest BCUT2D eigenvalue weighted by Gasteiger charge is 2.24. The van der Waals surface area contributed by atoms with Gasteiger partial charge in [-0.05, 0) is 24.1 Å². The summed E-state index contributed by atoms with van der Waals surface area (Å²) >= 11 is 0. The molecule has 2 rings (SSSR count). The van der Waals surface area contributed by atoms with Crippen molar-refractivity contribution >= 4 is 11.6 Å². The van der Waals surface area contributed by atoms with Gasteiger partial charge in [-0.3, -0.25) is 4.79 Å². The summed E-state index contributed by atoms with van der Waals surface area (Å²) in [7, 11) is 0. The monoisotopic (exact) mass is 220 g/mol. The number of nitrogens with two attached hydrogens (primary N) is 1. The summed E-state index contributed by atoms with van der Waals surface area (Å²) in [6.45, 7) is 1.11. The Labute approximate surface area is 94.7 Å². The van der Waals surface area contributed by atoms with Crippen LogP contribution in [0.1, 0.15) is 12.0 Å². The van der Waals surface area contributed by atoms with Crippen molar-refractivity contribution in [2.45, 2.75) is 18.9 Å². The van der Waals surface area contributed by atoms with Gasteiger partial charge in [-0.15, -0.1) is 0 Å². The van der Waals surface area contributed by atoms with Crippen molar-refractivity contribution in [1.29, 1.82) is 0 Å². The molecule has 1 aliphatic rings. The molecule has 1 aliphatic heterocycles. The fourth-order valence-corrected chi connectivity index (χ4v) is 1.96. The molecular formula is C12H16N2O2. The Morgan fingerprint density at radius 3 is 3.00 bits per heavy atom. The lowest BCUT2D eigenvalue weighted by molar-refractivity contribution is -0.129. The molecular weight excluding hydrogens is 204 g/mol. The second-order valence-corrected chi connectivity index (χ2v) is 4.20. The molecule has 1 amide bonds. The quantitative estimate of drug-likeness (QED) is 0.709. The summed E-state index contributed by atoms with van der Waals surface area (Å²) in [5.41, 5.74) is 7.24. The highest BCUT2D eigenvalue weighted by molar-refractivity contribution is 5.79. The molecule has 0 bridgehead atoms. The number of hydrogen-bond donors (Lipinski definition) is 2. The van der Waals surface area contributed by atoms with E-state index >= 15 is 0 Å². The minimum atomic E-state index is -0.357. The summed E-state index contributed by atoms with van der Waals surface area (Å²) in [4.78, 5) is 13.5. The molecule has 3 N–H and O–H groups in total. The van der Waals surface area contributed by atoms with E-state index in [1.165, 1.54) is 0 Å². The molecule has 0 unspecified atom stereocenters. The standard InChI is InChI=1S/C12H16N2O2/c13-10-3-1-2-9(6-10)7-12(16)14-5-4-11(15)8-14/h1-3,6,11,15H,4-5,7-8,13H2/t11-/m1/s1. The van der Waals surface area contributed by atoms with Crippen LogP contribution in [0.3, 0.4) is 0 Å². The first kappa shape index (κ1) is 11.0. The van der Waals surface area contributed by atoms with Crippen molar-refractivity contribution in [2.75, 3.05) is 18.8 Å². The number of nitrogen functional groups attached to an aromatic ring is 1. The maximum Gasteiger partial charge on any atom is 0.227 e. The number of aliphatic hydroxyl groups excluding tert-OH is 1. The number of aliphatic hydroxyl groups is 1. The average Bonchev–Trinajstić information content (AvgIpc) is 2.65. The van der Waals surface area contributed by atoms with E-state index in [9.17, 15) is 9.90 Å². The Morgan fingerprint density at radius 1 is 1.56 bits per heavy atom. The average molecular weight is 220 g/mol. The Hall–Kier alpha value is -1.55. The van der Waals surface area contributed by atoms with E-state index in [1.54, 1.807) is 11.0 Å². The van der Waals surface area contributed by atoms with Crippen molar-refractivity contribution in [2.24, 2.45) is 0 Å². The van der Waals surface area contributed by atoms with Crippen LogP contribution in [0.4, 0.5) is 5.69 Å². The van der Waals surface area contributed by atoms with Gasteiger partial charge in [-0.1, -0.05) is 12.1 Å². The third kappa shape index (κ3) is 2.52. The number of rotatable bonds is 2. The summed E-state index contributed by atoms with van der Waals surface area (Å²) in [5.74, 6) is 0.0575. The Morgan fingerprint density at radius 2 is 2.38 bits per heavy atom. The van der Waals surface area contributed by atoms with Crippen LogP contribution in [0.2, 0.25) is 0 Å². The van der Waals surface area contributed by atoms with Gasteiger partial charge in [0.2, 0.25) is 5.91 Å². The van der Waals surface area contributed by atoms with E-state index in [4.69, 9.17) is 5.73 Å². The molecule has 86 valence electrons. The van der Waals surface area contributed by atoms with Crippen LogP contribution in [-0.4, -0.2) is 35.1 Å². The number of benzene rings is 1.